The lowest BCUT2D eigenvalue weighted by molar-refractivity contribution is 0.0106. The topological polar surface area (TPSA) is 55.4 Å². The Kier molecular flexibility index (Phi) is 9.80. The second kappa shape index (κ2) is 14.3. The molecule has 0 bridgehead atoms. The normalized spacial score (nSPS) is 21.1. The fourth-order valence-electron chi connectivity index (χ4n) is 6.49. The Balaban J connectivity index is 1.03. The van der Waals surface area contributed by atoms with Crippen molar-refractivity contribution in [2.45, 2.75) is 50.4 Å². The van der Waals surface area contributed by atoms with Crippen LogP contribution in [0.4, 0.5) is 11.4 Å². The number of hydrogen-bond donors (Lipinski definition) is 1. The molecule has 224 valence electrons. The molecule has 42 heavy (non-hydrogen) atoms. The second-order valence-electron chi connectivity index (χ2n) is 11.6. The van der Waals surface area contributed by atoms with Crippen molar-refractivity contribution < 1.29 is 18.9 Å². The Hall–Kier alpha value is -3.26. The highest BCUT2D eigenvalue weighted by Crippen LogP contribution is 2.34. The lowest BCUT2D eigenvalue weighted by atomic mass is 9.87. The summed E-state index contributed by atoms with van der Waals surface area (Å²) in [5.74, 6) is 2.29. The van der Waals surface area contributed by atoms with Crippen molar-refractivity contribution >= 4 is 11.4 Å². The van der Waals surface area contributed by atoms with Gasteiger partial charge in [0.05, 0.1) is 24.9 Å². The molecule has 3 heterocycles. The minimum Gasteiger partial charge on any atom is -0.490 e. The second-order valence-corrected chi connectivity index (χ2v) is 11.6. The van der Waals surface area contributed by atoms with Gasteiger partial charge in [0, 0.05) is 64.3 Å². The van der Waals surface area contributed by atoms with E-state index in [0.717, 1.165) is 95.4 Å². The Bertz CT molecular complexity index is 1250. The first-order valence-corrected chi connectivity index (χ1v) is 15.7. The van der Waals surface area contributed by atoms with Crippen molar-refractivity contribution in [1.82, 2.24) is 5.32 Å². The highest BCUT2D eigenvalue weighted by atomic mass is 16.5. The molecule has 2 fully saturated rings. The van der Waals surface area contributed by atoms with Crippen LogP contribution in [0.3, 0.4) is 0 Å². The first kappa shape index (κ1) is 28.8. The number of fused-ring (bicyclic) bond motifs is 1. The number of benzene rings is 3. The molecule has 3 aliphatic rings. The number of ether oxygens (including phenoxy) is 4. The summed E-state index contributed by atoms with van der Waals surface area (Å²) in [5, 5.41) is 3.54. The SMILES string of the molecule is COCCCN1CCOc2ccc(COC3CNCCC3c3ccc(OC4CCN(c5ccccc5)CC4)cc3)cc21. The fourth-order valence-corrected chi connectivity index (χ4v) is 6.49. The van der Waals surface area contributed by atoms with Gasteiger partial charge in [0.2, 0.25) is 0 Å². The van der Waals surface area contributed by atoms with E-state index >= 15 is 0 Å². The monoisotopic (exact) mass is 571 g/mol. The van der Waals surface area contributed by atoms with Gasteiger partial charge in [0.25, 0.3) is 0 Å². The molecule has 1 N–H and O–H groups in total. The van der Waals surface area contributed by atoms with Gasteiger partial charge in [-0.2, -0.15) is 0 Å². The van der Waals surface area contributed by atoms with E-state index in [1.807, 2.05) is 0 Å². The minimum absolute atomic E-state index is 0.123. The van der Waals surface area contributed by atoms with Gasteiger partial charge in [0.1, 0.15) is 24.2 Å². The standard InChI is InChI=1S/C35H45N3O4/c1-39-22-5-18-38-21-23-40-34-13-8-27(24-33(34)38)26-41-35-25-36-17-14-32(35)28-9-11-30(12-10-28)42-31-15-19-37(20-16-31)29-6-3-2-4-7-29/h2-4,6-13,24,31-32,35-36H,5,14-23,25-26H2,1H3. The predicted molar refractivity (Wildman–Crippen MR) is 168 cm³/mol. The maximum Gasteiger partial charge on any atom is 0.142 e. The average molecular weight is 572 g/mol. The van der Waals surface area contributed by atoms with Crippen LogP contribution in [-0.2, 0) is 16.1 Å². The van der Waals surface area contributed by atoms with Crippen LogP contribution < -0.4 is 24.6 Å². The number of anilines is 2. The Labute approximate surface area is 250 Å². The Morgan fingerprint density at radius 3 is 2.57 bits per heavy atom. The van der Waals surface area contributed by atoms with Crippen LogP contribution in [0.2, 0.25) is 0 Å². The lowest BCUT2D eigenvalue weighted by Crippen LogP contribution is -2.41. The maximum absolute atomic E-state index is 6.58. The molecule has 2 atom stereocenters. The first-order valence-electron chi connectivity index (χ1n) is 15.7. The summed E-state index contributed by atoms with van der Waals surface area (Å²) in [6.45, 7) is 7.89. The van der Waals surface area contributed by atoms with E-state index in [2.05, 4.69) is 87.9 Å². The van der Waals surface area contributed by atoms with Crippen molar-refractivity contribution in [1.29, 1.82) is 0 Å². The molecule has 3 aliphatic heterocycles. The summed E-state index contributed by atoms with van der Waals surface area (Å²) in [6, 6.07) is 26.0. The molecular formula is C35H45N3O4. The Morgan fingerprint density at radius 2 is 1.76 bits per heavy atom. The fraction of sp³-hybridized carbons (Fsp3) is 0.486. The van der Waals surface area contributed by atoms with Crippen LogP contribution in [0.25, 0.3) is 0 Å². The van der Waals surface area contributed by atoms with E-state index in [9.17, 15) is 0 Å². The zero-order valence-electron chi connectivity index (χ0n) is 24.9. The van der Waals surface area contributed by atoms with Gasteiger partial charge in [0.15, 0.2) is 0 Å². The molecule has 6 rings (SSSR count). The zero-order chi connectivity index (χ0) is 28.6. The van der Waals surface area contributed by atoms with Crippen molar-refractivity contribution in [2.75, 3.05) is 69.4 Å². The van der Waals surface area contributed by atoms with Gasteiger partial charge in [-0.15, -0.1) is 0 Å². The number of hydrogen-bond acceptors (Lipinski definition) is 7. The van der Waals surface area contributed by atoms with Crippen LogP contribution in [0.15, 0.2) is 72.8 Å². The minimum atomic E-state index is 0.123. The molecule has 0 aliphatic carbocycles. The van der Waals surface area contributed by atoms with Crippen LogP contribution in [0, 0.1) is 0 Å². The quantitative estimate of drug-likeness (QED) is 0.299. The summed E-state index contributed by atoms with van der Waals surface area (Å²) in [6.07, 6.45) is 4.54. The molecule has 0 spiro atoms. The molecule has 2 saturated heterocycles. The lowest BCUT2D eigenvalue weighted by Gasteiger charge is -2.34. The molecule has 0 aromatic heterocycles. The van der Waals surface area contributed by atoms with Crippen molar-refractivity contribution in [2.24, 2.45) is 0 Å². The van der Waals surface area contributed by atoms with Gasteiger partial charge in [-0.05, 0) is 66.9 Å². The molecule has 3 aromatic carbocycles. The third-order valence-corrected chi connectivity index (χ3v) is 8.82. The van der Waals surface area contributed by atoms with Gasteiger partial charge >= 0.3 is 0 Å². The van der Waals surface area contributed by atoms with Gasteiger partial charge < -0.3 is 34.1 Å². The van der Waals surface area contributed by atoms with Gasteiger partial charge in [-0.3, -0.25) is 0 Å². The highest BCUT2D eigenvalue weighted by Gasteiger charge is 2.28. The highest BCUT2D eigenvalue weighted by molar-refractivity contribution is 5.61. The third kappa shape index (κ3) is 7.20. The third-order valence-electron chi connectivity index (χ3n) is 8.82. The molecule has 3 aromatic rings. The average Bonchev–Trinajstić information content (AvgIpc) is 3.05. The van der Waals surface area contributed by atoms with Crippen LogP contribution in [-0.4, -0.2) is 71.8 Å². The zero-order valence-corrected chi connectivity index (χ0v) is 24.9. The van der Waals surface area contributed by atoms with Gasteiger partial charge in [-0.25, -0.2) is 0 Å². The number of para-hydroxylation sites is 1. The molecule has 0 saturated carbocycles. The van der Waals surface area contributed by atoms with E-state index in [-0.39, 0.29) is 12.2 Å². The number of piperidine rings is 2. The molecule has 2 unspecified atom stereocenters. The summed E-state index contributed by atoms with van der Waals surface area (Å²) >= 11 is 0. The number of nitrogens with zero attached hydrogens (tertiary/aromatic N) is 2. The van der Waals surface area contributed by atoms with Crippen molar-refractivity contribution in [3.8, 4) is 11.5 Å². The molecular weight excluding hydrogens is 526 g/mol. The van der Waals surface area contributed by atoms with E-state index in [1.54, 1.807) is 7.11 Å². The van der Waals surface area contributed by atoms with Crippen LogP contribution in [0.5, 0.6) is 11.5 Å². The largest absolute Gasteiger partial charge is 0.490 e. The molecule has 7 heteroatoms. The van der Waals surface area contributed by atoms with Crippen LogP contribution in [0.1, 0.15) is 42.7 Å². The summed E-state index contributed by atoms with van der Waals surface area (Å²) in [4.78, 5) is 4.86. The summed E-state index contributed by atoms with van der Waals surface area (Å²) in [7, 11) is 1.76. The predicted octanol–water partition coefficient (Wildman–Crippen LogP) is 5.63. The molecule has 0 amide bonds. The van der Waals surface area contributed by atoms with Crippen LogP contribution >= 0.6 is 0 Å². The first-order chi connectivity index (χ1) is 20.8. The molecule has 0 radical (unpaired) electrons. The van der Waals surface area contributed by atoms with Crippen molar-refractivity contribution in [3.63, 3.8) is 0 Å². The van der Waals surface area contributed by atoms with E-state index in [1.165, 1.54) is 16.8 Å². The molecule has 7 nitrogen and oxygen atoms in total. The van der Waals surface area contributed by atoms with E-state index in [0.29, 0.717) is 12.5 Å². The number of methoxy groups -OCH3 is 1. The number of nitrogens with one attached hydrogen (secondary N) is 1. The van der Waals surface area contributed by atoms with Crippen molar-refractivity contribution in [3.05, 3.63) is 83.9 Å². The maximum atomic E-state index is 6.58. The van der Waals surface area contributed by atoms with E-state index < -0.39 is 0 Å². The smallest absolute Gasteiger partial charge is 0.142 e. The van der Waals surface area contributed by atoms with Gasteiger partial charge in [-0.1, -0.05) is 36.4 Å². The summed E-state index contributed by atoms with van der Waals surface area (Å²) < 4.78 is 24.2. The van der Waals surface area contributed by atoms with E-state index in [4.69, 9.17) is 18.9 Å². The summed E-state index contributed by atoms with van der Waals surface area (Å²) in [5.41, 5.74) is 4.98. The number of rotatable bonds is 11. The Morgan fingerprint density at radius 1 is 0.929 bits per heavy atom.